The van der Waals surface area contributed by atoms with Crippen LogP contribution in [0, 0.1) is 0 Å². The van der Waals surface area contributed by atoms with E-state index in [1.54, 1.807) is 7.11 Å². The Bertz CT molecular complexity index is 340. The molecule has 0 aromatic heterocycles. The molecule has 0 amide bonds. The Kier molecular flexibility index (Phi) is 4.86. The van der Waals surface area contributed by atoms with Gasteiger partial charge in [-0.15, -0.1) is 0 Å². The predicted octanol–water partition coefficient (Wildman–Crippen LogP) is 4.43. The van der Waals surface area contributed by atoms with Crippen LogP contribution >= 0.6 is 0 Å². The van der Waals surface area contributed by atoms with Gasteiger partial charge >= 0.3 is 0 Å². The third-order valence-electron chi connectivity index (χ3n) is 3.66. The fraction of sp³-hybridized carbons (Fsp3) is 0.600. The van der Waals surface area contributed by atoms with Gasteiger partial charge in [0, 0.05) is 11.1 Å². The van der Waals surface area contributed by atoms with Crippen LogP contribution in [-0.2, 0) is 0 Å². The maximum absolute atomic E-state index is 10.4. The van der Waals surface area contributed by atoms with Crippen molar-refractivity contribution in [3.05, 3.63) is 23.3 Å². The molecule has 0 fully saturated rings. The Labute approximate surface area is 105 Å². The van der Waals surface area contributed by atoms with Gasteiger partial charge in [-0.3, -0.25) is 0 Å². The number of hydrogen-bond acceptors (Lipinski definition) is 2. The lowest BCUT2D eigenvalue weighted by molar-refractivity contribution is 0.405. The van der Waals surface area contributed by atoms with E-state index < -0.39 is 0 Å². The first-order chi connectivity index (χ1) is 8.04. The van der Waals surface area contributed by atoms with Gasteiger partial charge < -0.3 is 9.84 Å². The summed E-state index contributed by atoms with van der Waals surface area (Å²) in [5.74, 6) is 2.00. The Balaban J connectivity index is 3.30. The number of methoxy groups -OCH3 is 1. The molecular weight excluding hydrogens is 212 g/mol. The van der Waals surface area contributed by atoms with E-state index in [4.69, 9.17) is 4.74 Å². The van der Waals surface area contributed by atoms with Crippen LogP contribution in [0.15, 0.2) is 12.1 Å². The second kappa shape index (κ2) is 5.95. The lowest BCUT2D eigenvalue weighted by Gasteiger charge is -2.19. The fourth-order valence-electron chi connectivity index (χ4n) is 1.96. The molecule has 1 aromatic rings. The monoisotopic (exact) mass is 236 g/mol. The van der Waals surface area contributed by atoms with Crippen molar-refractivity contribution < 1.29 is 9.84 Å². The summed E-state index contributed by atoms with van der Waals surface area (Å²) in [5.41, 5.74) is 2.00. The summed E-state index contributed by atoms with van der Waals surface area (Å²) in [6.45, 7) is 8.53. The Hall–Kier alpha value is -1.18. The molecule has 2 heteroatoms. The highest BCUT2D eigenvalue weighted by molar-refractivity contribution is 5.49. The summed E-state index contributed by atoms with van der Waals surface area (Å²) in [4.78, 5) is 0. The van der Waals surface area contributed by atoms with Crippen LogP contribution in [0.3, 0.4) is 0 Å². The van der Waals surface area contributed by atoms with Crippen LogP contribution in [-0.4, -0.2) is 12.2 Å². The minimum absolute atomic E-state index is 0.355. The molecule has 0 saturated carbocycles. The van der Waals surface area contributed by atoms with E-state index in [1.165, 1.54) is 0 Å². The maximum Gasteiger partial charge on any atom is 0.122 e. The highest BCUT2D eigenvalue weighted by atomic mass is 16.5. The van der Waals surface area contributed by atoms with Crippen molar-refractivity contribution in [2.24, 2.45) is 0 Å². The molecule has 1 aromatic carbocycles. The summed E-state index contributed by atoms with van der Waals surface area (Å²) in [7, 11) is 1.67. The van der Waals surface area contributed by atoms with Gasteiger partial charge in [-0.25, -0.2) is 0 Å². The van der Waals surface area contributed by atoms with Gasteiger partial charge in [-0.2, -0.15) is 0 Å². The standard InChI is InChI=1S/C15H24O2/c1-6-10(3)13-8-12(17-5)9-14(15(13)16)11(4)7-2/h8-11,16H,6-7H2,1-5H3. The van der Waals surface area contributed by atoms with Crippen LogP contribution < -0.4 is 4.74 Å². The molecule has 2 unspecified atom stereocenters. The van der Waals surface area contributed by atoms with Gasteiger partial charge in [0.15, 0.2) is 0 Å². The van der Waals surface area contributed by atoms with Crippen LogP contribution in [0.2, 0.25) is 0 Å². The summed E-state index contributed by atoms with van der Waals surface area (Å²) >= 11 is 0. The highest BCUT2D eigenvalue weighted by Gasteiger charge is 2.17. The first-order valence-corrected chi connectivity index (χ1v) is 6.45. The summed E-state index contributed by atoms with van der Waals surface area (Å²) < 4.78 is 5.33. The van der Waals surface area contributed by atoms with Crippen molar-refractivity contribution in [1.82, 2.24) is 0 Å². The highest BCUT2D eigenvalue weighted by Crippen LogP contribution is 2.39. The molecule has 0 bridgehead atoms. The van der Waals surface area contributed by atoms with Crippen LogP contribution in [0.4, 0.5) is 0 Å². The van der Waals surface area contributed by atoms with E-state index in [2.05, 4.69) is 27.7 Å². The minimum Gasteiger partial charge on any atom is -0.507 e. The predicted molar refractivity (Wildman–Crippen MR) is 72.1 cm³/mol. The Morgan fingerprint density at radius 2 is 1.47 bits per heavy atom. The van der Waals surface area contributed by atoms with E-state index in [0.717, 1.165) is 29.7 Å². The van der Waals surface area contributed by atoms with Crippen molar-refractivity contribution in [2.75, 3.05) is 7.11 Å². The molecule has 0 radical (unpaired) electrons. The first kappa shape index (κ1) is 13.9. The number of phenols is 1. The fourth-order valence-corrected chi connectivity index (χ4v) is 1.96. The molecule has 0 spiro atoms. The second-order valence-corrected chi connectivity index (χ2v) is 4.77. The average Bonchev–Trinajstić information content (AvgIpc) is 2.37. The van der Waals surface area contributed by atoms with Crippen molar-refractivity contribution in [1.29, 1.82) is 0 Å². The van der Waals surface area contributed by atoms with Crippen LogP contribution in [0.1, 0.15) is 63.5 Å². The normalized spacial score (nSPS) is 14.4. The van der Waals surface area contributed by atoms with E-state index in [0.29, 0.717) is 17.6 Å². The number of rotatable bonds is 5. The van der Waals surface area contributed by atoms with Gasteiger partial charge in [0.1, 0.15) is 11.5 Å². The maximum atomic E-state index is 10.4. The molecule has 17 heavy (non-hydrogen) atoms. The molecule has 0 saturated heterocycles. The minimum atomic E-state index is 0.355. The number of ether oxygens (including phenoxy) is 1. The van der Waals surface area contributed by atoms with Gasteiger partial charge in [0.2, 0.25) is 0 Å². The summed E-state index contributed by atoms with van der Waals surface area (Å²) in [6, 6.07) is 3.91. The van der Waals surface area contributed by atoms with E-state index >= 15 is 0 Å². The molecule has 96 valence electrons. The molecule has 1 N–H and O–H groups in total. The zero-order valence-corrected chi connectivity index (χ0v) is 11.6. The number of aromatic hydroxyl groups is 1. The lowest BCUT2D eigenvalue weighted by atomic mass is 9.90. The van der Waals surface area contributed by atoms with Crippen molar-refractivity contribution in [2.45, 2.75) is 52.4 Å². The van der Waals surface area contributed by atoms with Gasteiger partial charge in [-0.05, 0) is 36.8 Å². The average molecular weight is 236 g/mol. The van der Waals surface area contributed by atoms with Crippen LogP contribution in [0.5, 0.6) is 11.5 Å². The summed E-state index contributed by atoms with van der Waals surface area (Å²) in [5, 5.41) is 10.4. The third-order valence-corrected chi connectivity index (χ3v) is 3.66. The first-order valence-electron chi connectivity index (χ1n) is 6.45. The topological polar surface area (TPSA) is 29.5 Å². The van der Waals surface area contributed by atoms with Crippen LogP contribution in [0.25, 0.3) is 0 Å². The van der Waals surface area contributed by atoms with E-state index in [1.807, 2.05) is 12.1 Å². The number of phenolic OH excluding ortho intramolecular Hbond substituents is 1. The molecule has 0 aliphatic carbocycles. The third kappa shape index (κ3) is 2.93. The molecule has 0 aliphatic heterocycles. The van der Waals surface area contributed by atoms with E-state index in [-0.39, 0.29) is 0 Å². The number of hydrogen-bond donors (Lipinski definition) is 1. The van der Waals surface area contributed by atoms with Gasteiger partial charge in [-0.1, -0.05) is 27.7 Å². The smallest absolute Gasteiger partial charge is 0.122 e. The lowest BCUT2D eigenvalue weighted by Crippen LogP contribution is -2.00. The molecule has 2 atom stereocenters. The Morgan fingerprint density at radius 1 is 1.06 bits per heavy atom. The second-order valence-electron chi connectivity index (χ2n) is 4.77. The van der Waals surface area contributed by atoms with Gasteiger partial charge in [0.05, 0.1) is 7.11 Å². The zero-order chi connectivity index (χ0) is 13.0. The van der Waals surface area contributed by atoms with Crippen molar-refractivity contribution in [3.63, 3.8) is 0 Å². The SMILES string of the molecule is CCC(C)c1cc(OC)cc(C(C)CC)c1O. The molecule has 2 nitrogen and oxygen atoms in total. The molecule has 1 rings (SSSR count). The molecule has 0 heterocycles. The molecule has 0 aliphatic rings. The number of benzene rings is 1. The van der Waals surface area contributed by atoms with Crippen molar-refractivity contribution in [3.8, 4) is 11.5 Å². The Morgan fingerprint density at radius 3 is 1.76 bits per heavy atom. The van der Waals surface area contributed by atoms with E-state index in [9.17, 15) is 5.11 Å². The molecular formula is C15H24O2. The summed E-state index contributed by atoms with van der Waals surface area (Å²) in [6.07, 6.45) is 2.03. The van der Waals surface area contributed by atoms with Crippen molar-refractivity contribution >= 4 is 0 Å². The quantitative estimate of drug-likeness (QED) is 0.819. The zero-order valence-electron chi connectivity index (χ0n) is 11.6. The largest absolute Gasteiger partial charge is 0.507 e. The van der Waals surface area contributed by atoms with Gasteiger partial charge in [0.25, 0.3) is 0 Å².